The van der Waals surface area contributed by atoms with E-state index in [1.165, 1.54) is 0 Å². The normalized spacial score (nSPS) is 11.5. The minimum absolute atomic E-state index is 0.193. The molecule has 0 radical (unpaired) electrons. The van der Waals surface area contributed by atoms with E-state index in [-0.39, 0.29) is 13.2 Å². The number of carbonyl (C=O) groups excluding carboxylic acids is 1. The Morgan fingerprint density at radius 2 is 1.62 bits per heavy atom. The van der Waals surface area contributed by atoms with E-state index in [1.54, 1.807) is 6.92 Å². The first kappa shape index (κ1) is 22.5. The maximum absolute atomic E-state index is 13.5. The van der Waals surface area contributed by atoms with Crippen LogP contribution < -0.4 is 0 Å². The number of hydrogen-bond donors (Lipinski definition) is 0. The maximum Gasteiger partial charge on any atom is 0.332 e. The van der Waals surface area contributed by atoms with Crippen LogP contribution in [0.5, 0.6) is 0 Å². The molecule has 0 aliphatic carbocycles. The molecule has 0 aliphatic rings. The second-order valence-corrected chi connectivity index (χ2v) is 5.81. The minimum Gasteiger partial charge on any atom is -0.464 e. The highest BCUT2D eigenvalue weighted by atomic mass is 19.3. The number of benzene rings is 1. The molecule has 0 atom stereocenters. The SMILES string of the molecule is CCOC(=O)COCC(F)(F)COCCCCCOCc1ccccc1. The molecule has 0 amide bonds. The molecule has 1 aromatic carbocycles. The molecular weight excluding hydrogens is 346 g/mol. The van der Waals surface area contributed by atoms with Crippen molar-refractivity contribution in [1.82, 2.24) is 0 Å². The van der Waals surface area contributed by atoms with Gasteiger partial charge in [0.05, 0.1) is 13.2 Å². The molecule has 7 heteroatoms. The summed E-state index contributed by atoms with van der Waals surface area (Å²) in [5.74, 6) is -3.77. The van der Waals surface area contributed by atoms with Crippen molar-refractivity contribution < 1.29 is 32.5 Å². The van der Waals surface area contributed by atoms with E-state index in [2.05, 4.69) is 9.47 Å². The van der Waals surface area contributed by atoms with Crippen LogP contribution in [-0.4, -0.2) is 51.5 Å². The van der Waals surface area contributed by atoms with Crippen LogP contribution in [0, 0.1) is 0 Å². The first-order valence-corrected chi connectivity index (χ1v) is 8.84. The number of hydrogen-bond acceptors (Lipinski definition) is 5. The Morgan fingerprint density at radius 3 is 2.31 bits per heavy atom. The second-order valence-electron chi connectivity index (χ2n) is 5.81. The second kappa shape index (κ2) is 13.6. The van der Waals surface area contributed by atoms with Gasteiger partial charge in [-0.2, -0.15) is 0 Å². The summed E-state index contributed by atoms with van der Waals surface area (Å²) in [6.45, 7) is 1.23. The lowest BCUT2D eigenvalue weighted by Crippen LogP contribution is -2.31. The highest BCUT2D eigenvalue weighted by molar-refractivity contribution is 5.70. The van der Waals surface area contributed by atoms with E-state index in [0.717, 1.165) is 18.4 Å². The van der Waals surface area contributed by atoms with Crippen molar-refractivity contribution in [2.75, 3.05) is 39.6 Å². The van der Waals surface area contributed by atoms with E-state index < -0.39 is 31.7 Å². The molecular formula is C19H28F2O5. The van der Waals surface area contributed by atoms with Crippen molar-refractivity contribution in [2.45, 2.75) is 38.7 Å². The van der Waals surface area contributed by atoms with Gasteiger partial charge in [0.25, 0.3) is 5.92 Å². The molecule has 148 valence electrons. The molecule has 0 aliphatic heterocycles. The molecule has 0 spiro atoms. The van der Waals surface area contributed by atoms with Gasteiger partial charge in [0.2, 0.25) is 0 Å². The highest BCUT2D eigenvalue weighted by Crippen LogP contribution is 2.14. The van der Waals surface area contributed by atoms with Crippen LogP contribution in [0.4, 0.5) is 8.78 Å². The molecule has 0 N–H and O–H groups in total. The lowest BCUT2D eigenvalue weighted by Gasteiger charge is -2.16. The van der Waals surface area contributed by atoms with Gasteiger partial charge in [0, 0.05) is 13.2 Å². The quantitative estimate of drug-likeness (QED) is 0.347. The van der Waals surface area contributed by atoms with Crippen molar-refractivity contribution in [2.24, 2.45) is 0 Å². The minimum atomic E-state index is -3.12. The third kappa shape index (κ3) is 11.9. The van der Waals surface area contributed by atoms with Gasteiger partial charge in [0.15, 0.2) is 0 Å². The van der Waals surface area contributed by atoms with Crippen LogP contribution in [0.2, 0.25) is 0 Å². The summed E-state index contributed by atoms with van der Waals surface area (Å²) in [6.07, 6.45) is 2.39. The predicted molar refractivity (Wildman–Crippen MR) is 93.2 cm³/mol. The fourth-order valence-corrected chi connectivity index (χ4v) is 2.10. The summed E-state index contributed by atoms with van der Waals surface area (Å²) in [5.41, 5.74) is 1.13. The number of halogens is 2. The highest BCUT2D eigenvalue weighted by Gasteiger charge is 2.30. The van der Waals surface area contributed by atoms with E-state index >= 15 is 0 Å². The molecule has 26 heavy (non-hydrogen) atoms. The number of carbonyl (C=O) groups is 1. The van der Waals surface area contributed by atoms with Gasteiger partial charge in [-0.1, -0.05) is 30.3 Å². The van der Waals surface area contributed by atoms with Crippen LogP contribution in [0.15, 0.2) is 30.3 Å². The van der Waals surface area contributed by atoms with Crippen molar-refractivity contribution in [3.05, 3.63) is 35.9 Å². The summed E-state index contributed by atoms with van der Waals surface area (Å²) in [5, 5.41) is 0. The first-order chi connectivity index (χ1) is 12.5. The Hall–Kier alpha value is -1.57. The summed E-state index contributed by atoms with van der Waals surface area (Å²) in [4.78, 5) is 11.0. The lowest BCUT2D eigenvalue weighted by molar-refractivity contribution is -0.157. The Balaban J connectivity index is 1.93. The summed E-state index contributed by atoms with van der Waals surface area (Å²) >= 11 is 0. The molecule has 1 rings (SSSR count). The van der Waals surface area contributed by atoms with E-state index in [9.17, 15) is 13.6 Å². The standard InChI is InChI=1S/C19H28F2O5/c1-2-26-18(22)14-25-16-19(20,21)15-24-12-8-4-7-11-23-13-17-9-5-3-6-10-17/h3,5-6,9-10H,2,4,7-8,11-16H2,1H3. The Labute approximate surface area is 153 Å². The third-order valence-electron chi connectivity index (χ3n) is 3.34. The first-order valence-electron chi connectivity index (χ1n) is 8.84. The number of esters is 1. The molecule has 0 aromatic heterocycles. The van der Waals surface area contributed by atoms with Gasteiger partial charge >= 0.3 is 5.97 Å². The number of ether oxygens (including phenoxy) is 4. The average Bonchev–Trinajstić information content (AvgIpc) is 2.61. The topological polar surface area (TPSA) is 54.0 Å². The number of rotatable bonds is 15. The molecule has 1 aromatic rings. The largest absolute Gasteiger partial charge is 0.464 e. The van der Waals surface area contributed by atoms with Gasteiger partial charge in [-0.05, 0) is 31.7 Å². The summed E-state index contributed by atoms with van der Waals surface area (Å²) in [7, 11) is 0. The Bertz CT molecular complexity index is 482. The van der Waals surface area contributed by atoms with Gasteiger partial charge in [0.1, 0.15) is 19.8 Å². The summed E-state index contributed by atoms with van der Waals surface area (Å²) in [6, 6.07) is 9.90. The smallest absolute Gasteiger partial charge is 0.332 e. The average molecular weight is 374 g/mol. The fourth-order valence-electron chi connectivity index (χ4n) is 2.10. The van der Waals surface area contributed by atoms with Crippen LogP contribution in [0.1, 0.15) is 31.7 Å². The monoisotopic (exact) mass is 374 g/mol. The maximum atomic E-state index is 13.5. The molecule has 0 bridgehead atoms. The molecule has 5 nitrogen and oxygen atoms in total. The Kier molecular flexibility index (Phi) is 11.8. The molecule has 0 saturated heterocycles. The van der Waals surface area contributed by atoms with Crippen LogP contribution >= 0.6 is 0 Å². The van der Waals surface area contributed by atoms with E-state index in [4.69, 9.17) is 9.47 Å². The summed E-state index contributed by atoms with van der Waals surface area (Å²) < 4.78 is 46.7. The van der Waals surface area contributed by atoms with E-state index in [1.807, 2.05) is 30.3 Å². The van der Waals surface area contributed by atoms with Crippen molar-refractivity contribution in [3.8, 4) is 0 Å². The number of unbranched alkanes of at least 4 members (excludes halogenated alkanes) is 2. The van der Waals surface area contributed by atoms with Gasteiger partial charge in [-0.3, -0.25) is 0 Å². The fraction of sp³-hybridized carbons (Fsp3) is 0.632. The molecule has 0 unspecified atom stereocenters. The zero-order valence-electron chi connectivity index (χ0n) is 15.3. The van der Waals surface area contributed by atoms with Crippen LogP contribution in [0.3, 0.4) is 0 Å². The van der Waals surface area contributed by atoms with Crippen molar-refractivity contribution >= 4 is 5.97 Å². The van der Waals surface area contributed by atoms with Crippen LogP contribution in [0.25, 0.3) is 0 Å². The third-order valence-corrected chi connectivity index (χ3v) is 3.34. The molecule has 0 heterocycles. The number of alkyl halides is 2. The molecule has 0 saturated carbocycles. The Morgan fingerprint density at radius 1 is 0.962 bits per heavy atom. The zero-order chi connectivity index (χ0) is 19.1. The van der Waals surface area contributed by atoms with E-state index in [0.29, 0.717) is 19.6 Å². The van der Waals surface area contributed by atoms with Gasteiger partial charge in [-0.25, -0.2) is 13.6 Å². The van der Waals surface area contributed by atoms with Gasteiger partial charge in [-0.15, -0.1) is 0 Å². The predicted octanol–water partition coefficient (Wildman–Crippen LogP) is 3.61. The zero-order valence-corrected chi connectivity index (χ0v) is 15.3. The van der Waals surface area contributed by atoms with Crippen LogP contribution in [-0.2, 0) is 30.3 Å². The van der Waals surface area contributed by atoms with Gasteiger partial charge < -0.3 is 18.9 Å². The van der Waals surface area contributed by atoms with Crippen molar-refractivity contribution in [1.29, 1.82) is 0 Å². The van der Waals surface area contributed by atoms with Crippen molar-refractivity contribution in [3.63, 3.8) is 0 Å². The molecule has 0 fully saturated rings. The lowest BCUT2D eigenvalue weighted by atomic mass is 10.2.